The number of nitro groups is 1. The molecule has 1 amide bonds. The van der Waals surface area contributed by atoms with E-state index in [4.69, 9.17) is 15.2 Å². The summed E-state index contributed by atoms with van der Waals surface area (Å²) in [5, 5.41) is 13.5. The van der Waals surface area contributed by atoms with Gasteiger partial charge in [0, 0.05) is 18.7 Å². The first kappa shape index (κ1) is 15.7. The van der Waals surface area contributed by atoms with Gasteiger partial charge in [-0.1, -0.05) is 0 Å². The maximum Gasteiger partial charge on any atom is 0.277 e. The fourth-order valence-corrected chi connectivity index (χ4v) is 1.59. The Balaban J connectivity index is 3.02. The van der Waals surface area contributed by atoms with Crippen LogP contribution in [0.2, 0.25) is 0 Å². The summed E-state index contributed by atoms with van der Waals surface area (Å²) in [5.74, 6) is 0.100. The Morgan fingerprint density at radius 3 is 2.65 bits per heavy atom. The number of rotatable bonds is 7. The van der Waals surface area contributed by atoms with Gasteiger partial charge in [-0.15, -0.1) is 0 Å². The van der Waals surface area contributed by atoms with Crippen LogP contribution in [0.4, 0.5) is 5.69 Å². The molecule has 0 aliphatic heterocycles. The molecule has 0 radical (unpaired) electrons. The molecule has 110 valence electrons. The molecule has 0 spiro atoms. The first-order valence-electron chi connectivity index (χ1n) is 5.98. The van der Waals surface area contributed by atoms with Crippen LogP contribution >= 0.6 is 0 Å². The van der Waals surface area contributed by atoms with Gasteiger partial charge in [-0.3, -0.25) is 14.9 Å². The van der Waals surface area contributed by atoms with Crippen LogP contribution < -0.4 is 20.5 Å². The number of nitrogens with two attached hydrogens (primary N) is 1. The molecule has 0 aliphatic carbocycles. The number of hydrogen-bond donors (Lipinski definition) is 2. The number of nitrogens with zero attached hydrogens (tertiary/aromatic N) is 1. The first-order valence-corrected chi connectivity index (χ1v) is 5.98. The number of methoxy groups -OCH3 is 1. The van der Waals surface area contributed by atoms with Crippen LogP contribution in [0.25, 0.3) is 0 Å². The molecule has 0 aromatic heterocycles. The zero-order valence-corrected chi connectivity index (χ0v) is 11.3. The van der Waals surface area contributed by atoms with Crippen molar-refractivity contribution in [3.05, 3.63) is 27.8 Å². The highest BCUT2D eigenvalue weighted by molar-refractivity contribution is 5.77. The molecule has 0 saturated heterocycles. The van der Waals surface area contributed by atoms with E-state index < -0.39 is 4.92 Å². The van der Waals surface area contributed by atoms with Gasteiger partial charge >= 0.3 is 0 Å². The predicted octanol–water partition coefficient (Wildman–Crippen LogP) is 0.577. The molecule has 20 heavy (non-hydrogen) atoms. The summed E-state index contributed by atoms with van der Waals surface area (Å²) in [7, 11) is 1.40. The fraction of sp³-hybridized carbons (Fsp3) is 0.417. The van der Waals surface area contributed by atoms with Crippen LogP contribution in [0.3, 0.4) is 0 Å². The number of carbonyl (C=O) groups is 1. The molecular formula is C12H17N3O5. The third-order valence-corrected chi connectivity index (χ3v) is 2.51. The maximum absolute atomic E-state index is 11.3. The number of benzene rings is 1. The molecule has 8 nitrogen and oxygen atoms in total. The summed E-state index contributed by atoms with van der Waals surface area (Å²) in [6, 6.07) is 2.64. The average Bonchev–Trinajstić information content (AvgIpc) is 2.44. The predicted molar refractivity (Wildman–Crippen MR) is 71.7 cm³/mol. The molecule has 1 aromatic carbocycles. The number of nitro benzene ring substituents is 1. The molecule has 8 heteroatoms. The zero-order valence-electron chi connectivity index (χ0n) is 11.3. The van der Waals surface area contributed by atoms with Gasteiger partial charge in [0.25, 0.3) is 11.6 Å². The van der Waals surface area contributed by atoms with Gasteiger partial charge < -0.3 is 20.5 Å². The normalized spacial score (nSPS) is 9.95. The zero-order chi connectivity index (χ0) is 15.1. The lowest BCUT2D eigenvalue weighted by atomic mass is 10.1. The highest BCUT2D eigenvalue weighted by atomic mass is 16.6. The van der Waals surface area contributed by atoms with Gasteiger partial charge in [-0.25, -0.2) is 0 Å². The van der Waals surface area contributed by atoms with Gasteiger partial charge in [0.05, 0.1) is 18.1 Å². The number of carbonyl (C=O) groups excluding carboxylic acids is 1. The Bertz CT molecular complexity index is 504. The smallest absolute Gasteiger partial charge is 0.277 e. The van der Waals surface area contributed by atoms with Crippen molar-refractivity contribution in [2.45, 2.75) is 13.5 Å². The molecule has 0 bridgehead atoms. The van der Waals surface area contributed by atoms with E-state index in [1.165, 1.54) is 19.2 Å². The Kier molecular flexibility index (Phi) is 5.73. The van der Waals surface area contributed by atoms with E-state index in [9.17, 15) is 14.9 Å². The fourth-order valence-electron chi connectivity index (χ4n) is 1.59. The van der Waals surface area contributed by atoms with Gasteiger partial charge in [0.15, 0.2) is 18.1 Å². The molecule has 0 fully saturated rings. The van der Waals surface area contributed by atoms with Crippen LogP contribution in [0.1, 0.15) is 12.5 Å². The number of amides is 1. The van der Waals surface area contributed by atoms with Crippen molar-refractivity contribution in [1.82, 2.24) is 5.32 Å². The summed E-state index contributed by atoms with van der Waals surface area (Å²) in [5.41, 5.74) is 5.62. The van der Waals surface area contributed by atoms with Crippen molar-refractivity contribution in [3.63, 3.8) is 0 Å². The van der Waals surface area contributed by atoms with E-state index in [-0.39, 0.29) is 30.5 Å². The molecule has 0 heterocycles. The molecular weight excluding hydrogens is 266 g/mol. The topological polar surface area (TPSA) is 117 Å². The molecule has 3 N–H and O–H groups in total. The highest BCUT2D eigenvalue weighted by Crippen LogP contribution is 2.34. The van der Waals surface area contributed by atoms with Gasteiger partial charge in [-0.2, -0.15) is 0 Å². The van der Waals surface area contributed by atoms with Crippen LogP contribution in [0, 0.1) is 10.1 Å². The van der Waals surface area contributed by atoms with Crippen LogP contribution in [0.5, 0.6) is 11.5 Å². The van der Waals surface area contributed by atoms with Crippen LogP contribution in [-0.4, -0.2) is 31.1 Å². The molecule has 0 unspecified atom stereocenters. The first-order chi connectivity index (χ1) is 9.53. The SMILES string of the molecule is CCNC(=O)COc1cc([N+](=O)[O-])c(CN)cc1OC. The van der Waals surface area contributed by atoms with E-state index in [0.717, 1.165) is 0 Å². The van der Waals surface area contributed by atoms with Crippen molar-refractivity contribution in [2.75, 3.05) is 20.3 Å². The van der Waals surface area contributed by atoms with Crippen LogP contribution in [0.15, 0.2) is 12.1 Å². The number of ether oxygens (including phenoxy) is 2. The van der Waals surface area contributed by atoms with E-state index in [1.807, 2.05) is 0 Å². The molecule has 0 atom stereocenters. The van der Waals surface area contributed by atoms with Crippen molar-refractivity contribution >= 4 is 11.6 Å². The van der Waals surface area contributed by atoms with Crippen LogP contribution in [-0.2, 0) is 11.3 Å². The Morgan fingerprint density at radius 2 is 2.15 bits per heavy atom. The quantitative estimate of drug-likeness (QED) is 0.558. The largest absolute Gasteiger partial charge is 0.493 e. The van der Waals surface area contributed by atoms with Gasteiger partial charge in [0.2, 0.25) is 0 Å². The molecule has 0 saturated carbocycles. The molecule has 1 rings (SSSR count). The van der Waals surface area contributed by atoms with E-state index >= 15 is 0 Å². The second kappa shape index (κ2) is 7.29. The second-order valence-corrected chi connectivity index (χ2v) is 3.84. The lowest BCUT2D eigenvalue weighted by molar-refractivity contribution is -0.385. The molecule has 1 aromatic rings. The summed E-state index contributed by atoms with van der Waals surface area (Å²) >= 11 is 0. The summed E-state index contributed by atoms with van der Waals surface area (Å²) < 4.78 is 10.3. The number of nitrogens with one attached hydrogen (secondary N) is 1. The van der Waals surface area contributed by atoms with Gasteiger partial charge in [-0.05, 0) is 13.0 Å². The Morgan fingerprint density at radius 1 is 1.45 bits per heavy atom. The summed E-state index contributed by atoms with van der Waals surface area (Å²) in [4.78, 5) is 21.7. The van der Waals surface area contributed by atoms with E-state index in [0.29, 0.717) is 17.9 Å². The monoisotopic (exact) mass is 283 g/mol. The lowest BCUT2D eigenvalue weighted by Crippen LogP contribution is -2.28. The van der Waals surface area contributed by atoms with Gasteiger partial charge in [0.1, 0.15) is 0 Å². The highest BCUT2D eigenvalue weighted by Gasteiger charge is 2.19. The van der Waals surface area contributed by atoms with Crippen molar-refractivity contribution in [3.8, 4) is 11.5 Å². The standard InChI is InChI=1S/C12H17N3O5/c1-3-14-12(16)7-20-11-5-9(15(17)18)8(6-13)4-10(11)19-2/h4-5H,3,6-7,13H2,1-2H3,(H,14,16). The van der Waals surface area contributed by atoms with Crippen molar-refractivity contribution in [2.24, 2.45) is 5.73 Å². The number of hydrogen-bond acceptors (Lipinski definition) is 6. The summed E-state index contributed by atoms with van der Waals surface area (Å²) in [6.07, 6.45) is 0. The lowest BCUT2D eigenvalue weighted by Gasteiger charge is -2.12. The summed E-state index contributed by atoms with van der Waals surface area (Å²) in [6.45, 7) is 2.01. The Labute approximate surface area is 116 Å². The van der Waals surface area contributed by atoms with Crippen molar-refractivity contribution < 1.29 is 19.2 Å². The molecule has 0 aliphatic rings. The minimum Gasteiger partial charge on any atom is -0.493 e. The third-order valence-electron chi connectivity index (χ3n) is 2.51. The third kappa shape index (κ3) is 3.82. The van der Waals surface area contributed by atoms with E-state index in [2.05, 4.69) is 5.32 Å². The van der Waals surface area contributed by atoms with E-state index in [1.54, 1.807) is 6.92 Å². The average molecular weight is 283 g/mol. The minimum absolute atomic E-state index is 0.00325. The maximum atomic E-state index is 11.3. The second-order valence-electron chi connectivity index (χ2n) is 3.84. The number of likely N-dealkylation sites (N-methyl/N-ethyl adjacent to an activating group) is 1. The van der Waals surface area contributed by atoms with Crippen molar-refractivity contribution in [1.29, 1.82) is 0 Å². The minimum atomic E-state index is -0.555. The Hall–Kier alpha value is -2.35.